The van der Waals surface area contributed by atoms with Gasteiger partial charge in [-0.1, -0.05) is 0 Å². The summed E-state index contributed by atoms with van der Waals surface area (Å²) >= 11 is -0.993. The van der Waals surface area contributed by atoms with Crippen LogP contribution in [0.4, 0.5) is 0 Å². The third kappa shape index (κ3) is 11.1. The molecule has 1 heterocycles. The standard InChI is InChI=1S/C54H76O4S2.Zr/c1-33(2)41-21-19-22-42(34(3)4)51(41)57-45-29-39(53(9,10)11)27-37(49(45)55)31-59-47-25-17-15-16-18-26-48(47)60-32-38-28-40(54(12,13)14)30-46(50(38)56)58-52-43(35(5)6)23-20-24-44(52)36(7)8;/h19-24,27-30,33-36,47-48,55-56H,15-18,25-26,31-32H2,1-14H3;/t47-,48?;/m0./s1. The molecule has 2 N–H and O–H groups in total. The third-order valence-corrected chi connectivity index (χ3v) is 34.6. The summed E-state index contributed by atoms with van der Waals surface area (Å²) in [6, 6.07) is 21.8. The first kappa shape index (κ1) is 48.1. The Morgan fingerprint density at radius 3 is 1.16 bits per heavy atom. The van der Waals surface area contributed by atoms with Gasteiger partial charge in [-0.3, -0.25) is 0 Å². The molecule has 1 aliphatic carbocycles. The monoisotopic (exact) mass is 942 g/mol. The number of ether oxygens (including phenoxy) is 2. The summed E-state index contributed by atoms with van der Waals surface area (Å²) in [7, 11) is 0.461. The molecule has 4 aromatic carbocycles. The third-order valence-electron chi connectivity index (χ3n) is 12.8. The van der Waals surface area contributed by atoms with E-state index in [0.717, 1.165) is 34.1 Å². The van der Waals surface area contributed by atoms with E-state index in [1.54, 1.807) is 0 Å². The Bertz CT molecular complexity index is 2070. The Kier molecular flexibility index (Phi) is 15.6. The Hall–Kier alpha value is -2.34. The van der Waals surface area contributed by atoms with Crippen molar-refractivity contribution in [2.24, 2.45) is 0 Å². The number of phenolic OH excluding ortho intramolecular Hbond substituents is 2. The van der Waals surface area contributed by atoms with E-state index in [2.05, 4.69) is 158 Å². The molecular formula is C54H76O4S2Zr. The number of benzene rings is 4. The van der Waals surface area contributed by atoms with Crippen molar-refractivity contribution in [3.63, 3.8) is 0 Å². The van der Waals surface area contributed by atoms with Crippen molar-refractivity contribution in [2.45, 2.75) is 192 Å². The van der Waals surface area contributed by atoms with E-state index in [1.165, 1.54) is 71.9 Å². The van der Waals surface area contributed by atoms with Crippen LogP contribution in [0.25, 0.3) is 0 Å². The molecule has 0 radical (unpaired) electrons. The van der Waals surface area contributed by atoms with E-state index in [-0.39, 0.29) is 25.1 Å². The van der Waals surface area contributed by atoms with E-state index >= 15 is 0 Å². The van der Waals surface area contributed by atoms with Gasteiger partial charge in [0.25, 0.3) is 0 Å². The zero-order chi connectivity index (χ0) is 44.6. The van der Waals surface area contributed by atoms with E-state index in [1.807, 2.05) is 0 Å². The summed E-state index contributed by atoms with van der Waals surface area (Å²) in [5, 5.41) is 26.0. The normalized spacial score (nSPS) is 19.8. The Balaban J connectivity index is 1.47. The van der Waals surface area contributed by atoms with Crippen molar-refractivity contribution in [3.8, 4) is 34.5 Å². The van der Waals surface area contributed by atoms with Crippen molar-refractivity contribution in [2.75, 3.05) is 0 Å². The van der Waals surface area contributed by atoms with Crippen LogP contribution in [0.15, 0.2) is 60.7 Å². The number of phenols is 2. The zero-order valence-corrected chi connectivity index (χ0v) is 44.0. The molecule has 0 aromatic heterocycles. The van der Waals surface area contributed by atoms with Gasteiger partial charge in [0, 0.05) is 0 Å². The molecule has 4 nitrogen and oxygen atoms in total. The minimum atomic E-state index is -0.993. The van der Waals surface area contributed by atoms with Crippen molar-refractivity contribution in [1.29, 1.82) is 0 Å². The molecule has 0 amide bonds. The van der Waals surface area contributed by atoms with Crippen LogP contribution >= 0.6 is 14.2 Å². The number of para-hydroxylation sites is 2. The van der Waals surface area contributed by atoms with Crippen LogP contribution in [0, 0.1) is 0 Å². The van der Waals surface area contributed by atoms with Gasteiger partial charge in [0.05, 0.1) is 0 Å². The van der Waals surface area contributed by atoms with Gasteiger partial charge in [-0.15, -0.1) is 0 Å². The fourth-order valence-electron chi connectivity index (χ4n) is 8.93. The van der Waals surface area contributed by atoms with Crippen molar-refractivity contribution in [3.05, 3.63) is 105 Å². The Labute approximate surface area is 382 Å². The van der Waals surface area contributed by atoms with Crippen LogP contribution in [-0.4, -0.2) is 20.7 Å². The topological polar surface area (TPSA) is 58.9 Å². The second kappa shape index (κ2) is 19.8. The summed E-state index contributed by atoms with van der Waals surface area (Å²) in [6.45, 7) is 31.4. The first-order valence-electron chi connectivity index (χ1n) is 23.1. The van der Waals surface area contributed by atoms with Crippen LogP contribution in [-0.2, 0) is 41.5 Å². The van der Waals surface area contributed by atoms with Gasteiger partial charge in [0.1, 0.15) is 0 Å². The average Bonchev–Trinajstić information content (AvgIpc) is 3.46. The molecule has 0 saturated heterocycles. The van der Waals surface area contributed by atoms with Crippen molar-refractivity contribution < 1.29 is 38.8 Å². The van der Waals surface area contributed by atoms with E-state index in [4.69, 9.17) is 9.47 Å². The van der Waals surface area contributed by atoms with Crippen LogP contribution in [0.3, 0.4) is 0 Å². The van der Waals surface area contributed by atoms with E-state index in [9.17, 15) is 10.2 Å². The molecule has 61 heavy (non-hydrogen) atoms. The Morgan fingerprint density at radius 1 is 0.541 bits per heavy atom. The first-order chi connectivity index (χ1) is 28.6. The molecule has 0 spiro atoms. The zero-order valence-electron chi connectivity index (χ0n) is 39.9. The van der Waals surface area contributed by atoms with Gasteiger partial charge < -0.3 is 0 Å². The second-order valence-corrected chi connectivity index (χ2v) is 36.7. The fourth-order valence-corrected chi connectivity index (χ4v) is 37.8. The van der Waals surface area contributed by atoms with Crippen molar-refractivity contribution >= 4 is 14.2 Å². The molecule has 2 aliphatic rings. The van der Waals surface area contributed by atoms with Crippen LogP contribution < -0.4 is 9.47 Å². The second-order valence-electron chi connectivity index (χ2n) is 21.1. The molecule has 4 aromatic rings. The molecule has 1 fully saturated rings. The summed E-state index contributed by atoms with van der Waals surface area (Å²) in [4.78, 5) is 0. The predicted molar refractivity (Wildman–Crippen MR) is 261 cm³/mol. The van der Waals surface area contributed by atoms with E-state index in [0.29, 0.717) is 57.2 Å². The maximum atomic E-state index is 12.3. The first-order valence-corrected chi connectivity index (χ1v) is 32.1. The van der Waals surface area contributed by atoms with Crippen molar-refractivity contribution in [1.82, 2.24) is 0 Å². The number of rotatable bonds is 12. The summed E-state index contributed by atoms with van der Waals surface area (Å²) in [5.74, 6) is 6.66. The number of hydrogen-bond acceptors (Lipinski definition) is 4. The number of fused-ring (bicyclic) bond motifs is 1. The SMILES string of the molecule is CC(C)c1cccc(C(C)C)c1Oc1cc(C(C)(C)C)cc(C[S]2=[Zr]=[S](Cc3cc(C(C)(C)C)cc(Oc4c(C(C)C)cccc4C(C)C)c3O)[C@H]3CCCCCCC32)c1O. The molecule has 1 saturated carbocycles. The number of hydrogen-bond donors (Lipinski definition) is 2. The molecule has 4 atom stereocenters. The summed E-state index contributed by atoms with van der Waals surface area (Å²) in [5.41, 5.74) is 9.04. The van der Waals surface area contributed by atoms with Crippen LogP contribution in [0.2, 0.25) is 0 Å². The molecule has 1 aliphatic heterocycles. The van der Waals surface area contributed by atoms with E-state index < -0.39 is 19.2 Å². The van der Waals surface area contributed by atoms with Gasteiger partial charge in [0.15, 0.2) is 0 Å². The Morgan fingerprint density at radius 2 is 0.869 bits per heavy atom. The van der Waals surface area contributed by atoms with Gasteiger partial charge in [-0.2, -0.15) is 0 Å². The molecule has 0 bridgehead atoms. The molecule has 6 rings (SSSR count). The maximum absolute atomic E-state index is 12.3. The molecule has 332 valence electrons. The minimum absolute atomic E-state index is 0.105. The number of aromatic hydroxyl groups is 2. The molecule has 3 unspecified atom stereocenters. The van der Waals surface area contributed by atoms with Gasteiger partial charge >= 0.3 is 385 Å². The quantitative estimate of drug-likeness (QED) is 0.149. The van der Waals surface area contributed by atoms with Crippen LogP contribution in [0.1, 0.15) is 204 Å². The molecular weight excluding hydrogens is 868 g/mol. The average molecular weight is 945 g/mol. The van der Waals surface area contributed by atoms with Gasteiger partial charge in [-0.25, -0.2) is 0 Å². The van der Waals surface area contributed by atoms with Crippen LogP contribution in [0.5, 0.6) is 34.5 Å². The predicted octanol–water partition coefficient (Wildman–Crippen LogP) is 17.0. The molecule has 7 heteroatoms. The van der Waals surface area contributed by atoms with Gasteiger partial charge in [0.2, 0.25) is 0 Å². The summed E-state index contributed by atoms with van der Waals surface area (Å²) < 4.78 is 13.9. The summed E-state index contributed by atoms with van der Waals surface area (Å²) in [6.07, 6.45) is 7.80. The fraction of sp³-hybridized carbons (Fsp3) is 0.556. The van der Waals surface area contributed by atoms with Gasteiger partial charge in [-0.05, 0) is 0 Å².